The third kappa shape index (κ3) is 3.53. The van der Waals surface area contributed by atoms with Gasteiger partial charge in [-0.15, -0.1) is 0 Å². The molecule has 12 heavy (non-hydrogen) atoms. The zero-order valence-electron chi connectivity index (χ0n) is 7.04. The van der Waals surface area contributed by atoms with Gasteiger partial charge >= 0.3 is 12.0 Å². The normalized spacial score (nSPS) is 17.8. The van der Waals surface area contributed by atoms with E-state index < -0.39 is 12.0 Å². The van der Waals surface area contributed by atoms with Gasteiger partial charge in [-0.2, -0.15) is 13.2 Å². The average molecular weight is 204 g/mol. The van der Waals surface area contributed by atoms with Gasteiger partial charge in [-0.3, -0.25) is 0 Å². The summed E-state index contributed by atoms with van der Waals surface area (Å²) in [4.78, 5) is 0. The third-order valence-electron chi connectivity index (χ3n) is 1.38. The van der Waals surface area contributed by atoms with E-state index in [9.17, 15) is 17.6 Å². The molecule has 0 aliphatic carbocycles. The predicted molar refractivity (Wildman–Crippen MR) is 40.9 cm³/mol. The molecule has 0 heterocycles. The SMILES string of the molecule is CC(F)(OCCC[SiH3])C(F)(F)F. The van der Waals surface area contributed by atoms with E-state index in [1.54, 1.807) is 0 Å². The minimum atomic E-state index is -4.93. The van der Waals surface area contributed by atoms with Crippen molar-refractivity contribution in [3.63, 3.8) is 0 Å². The van der Waals surface area contributed by atoms with Crippen LogP contribution in [0.15, 0.2) is 0 Å². The number of hydrogen-bond acceptors (Lipinski definition) is 1. The first-order valence-electron chi connectivity index (χ1n) is 3.71. The molecule has 0 aliphatic rings. The molecule has 0 aromatic carbocycles. The van der Waals surface area contributed by atoms with Crippen LogP contribution in [0.25, 0.3) is 0 Å². The van der Waals surface area contributed by atoms with Crippen LogP contribution in [0.5, 0.6) is 0 Å². The van der Waals surface area contributed by atoms with Gasteiger partial charge in [0.2, 0.25) is 0 Å². The van der Waals surface area contributed by atoms with Gasteiger partial charge in [0.1, 0.15) is 0 Å². The minimum Gasteiger partial charge on any atom is -0.339 e. The molecule has 0 aromatic heterocycles. The van der Waals surface area contributed by atoms with E-state index in [0.29, 0.717) is 13.3 Å². The number of halogens is 4. The number of alkyl halides is 4. The van der Waals surface area contributed by atoms with Crippen LogP contribution < -0.4 is 0 Å². The Morgan fingerprint density at radius 1 is 1.25 bits per heavy atom. The van der Waals surface area contributed by atoms with Gasteiger partial charge in [-0.05, 0) is 6.42 Å². The Morgan fingerprint density at radius 3 is 2.08 bits per heavy atom. The van der Waals surface area contributed by atoms with Crippen molar-refractivity contribution in [2.75, 3.05) is 6.61 Å². The summed E-state index contributed by atoms with van der Waals surface area (Å²) < 4.78 is 52.0. The van der Waals surface area contributed by atoms with Gasteiger partial charge < -0.3 is 4.74 Å². The molecule has 74 valence electrons. The van der Waals surface area contributed by atoms with Gasteiger partial charge in [-0.25, -0.2) is 4.39 Å². The molecule has 0 aliphatic heterocycles. The Morgan fingerprint density at radius 2 is 1.75 bits per heavy atom. The average Bonchev–Trinajstić information content (AvgIpc) is 1.85. The molecule has 0 rings (SSSR count). The largest absolute Gasteiger partial charge is 0.448 e. The lowest BCUT2D eigenvalue weighted by Crippen LogP contribution is -2.40. The maximum atomic E-state index is 12.6. The number of hydrogen-bond donors (Lipinski definition) is 0. The summed E-state index contributed by atoms with van der Waals surface area (Å²) in [7, 11) is 0.896. The van der Waals surface area contributed by atoms with Crippen LogP contribution in [-0.2, 0) is 4.74 Å². The van der Waals surface area contributed by atoms with E-state index in [1.165, 1.54) is 0 Å². The van der Waals surface area contributed by atoms with Crippen molar-refractivity contribution in [1.82, 2.24) is 0 Å². The van der Waals surface area contributed by atoms with E-state index in [2.05, 4.69) is 4.74 Å². The van der Waals surface area contributed by atoms with Crippen molar-refractivity contribution in [3.8, 4) is 0 Å². The summed E-state index contributed by atoms with van der Waals surface area (Å²) in [6.45, 7) is 0.218. The summed E-state index contributed by atoms with van der Waals surface area (Å²) in [5, 5.41) is 0. The Kier molecular flexibility index (Phi) is 4.19. The monoisotopic (exact) mass is 204 g/mol. The van der Waals surface area contributed by atoms with E-state index in [-0.39, 0.29) is 6.61 Å². The zero-order valence-corrected chi connectivity index (χ0v) is 9.04. The topological polar surface area (TPSA) is 9.23 Å². The molecule has 0 N–H and O–H groups in total. The molecule has 0 amide bonds. The van der Waals surface area contributed by atoms with Crippen molar-refractivity contribution in [1.29, 1.82) is 0 Å². The summed E-state index contributed by atoms with van der Waals surface area (Å²) in [6.07, 6.45) is -4.44. The molecule has 1 unspecified atom stereocenters. The molecule has 0 saturated heterocycles. The predicted octanol–water partition coefficient (Wildman–Crippen LogP) is 1.42. The lowest BCUT2D eigenvalue weighted by molar-refractivity contribution is -0.324. The van der Waals surface area contributed by atoms with Gasteiger partial charge in [0.25, 0.3) is 0 Å². The van der Waals surface area contributed by atoms with Crippen molar-refractivity contribution in [2.45, 2.75) is 31.4 Å². The molecule has 1 nitrogen and oxygen atoms in total. The molecule has 0 aromatic rings. The van der Waals surface area contributed by atoms with Gasteiger partial charge in [-0.1, -0.05) is 6.04 Å². The van der Waals surface area contributed by atoms with Crippen molar-refractivity contribution in [3.05, 3.63) is 0 Å². The molecule has 6 heteroatoms. The first-order valence-corrected chi connectivity index (χ1v) is 5.12. The van der Waals surface area contributed by atoms with Crippen LogP contribution in [-0.4, -0.2) is 28.9 Å². The maximum Gasteiger partial charge on any atom is 0.448 e. The van der Waals surface area contributed by atoms with Crippen LogP contribution >= 0.6 is 0 Å². The first kappa shape index (κ1) is 11.9. The van der Waals surface area contributed by atoms with Crippen LogP contribution in [0.3, 0.4) is 0 Å². The van der Waals surface area contributed by atoms with Gasteiger partial charge in [0, 0.05) is 17.2 Å². The van der Waals surface area contributed by atoms with Crippen molar-refractivity contribution < 1.29 is 22.3 Å². The summed E-state index contributed by atoms with van der Waals surface area (Å²) in [5.41, 5.74) is 0. The highest BCUT2D eigenvalue weighted by Crippen LogP contribution is 2.34. The second-order valence-corrected chi connectivity index (χ2v) is 3.62. The third-order valence-corrected chi connectivity index (χ3v) is 2.08. The standard InChI is InChI=1S/C6H12F4OSi/c1-5(7,6(8,9)10)11-3-2-4-12/h2-4H2,1,12H3. The van der Waals surface area contributed by atoms with E-state index in [4.69, 9.17) is 0 Å². The smallest absolute Gasteiger partial charge is 0.339 e. The van der Waals surface area contributed by atoms with Crippen LogP contribution in [0, 0.1) is 0 Å². The highest BCUT2D eigenvalue weighted by molar-refractivity contribution is 6.08. The van der Waals surface area contributed by atoms with E-state index in [1.807, 2.05) is 0 Å². The van der Waals surface area contributed by atoms with E-state index >= 15 is 0 Å². The van der Waals surface area contributed by atoms with Crippen LogP contribution in [0.1, 0.15) is 13.3 Å². The Bertz CT molecular complexity index is 134. The molecular formula is C6H12F4OSi. The second kappa shape index (κ2) is 4.22. The fourth-order valence-corrected chi connectivity index (χ4v) is 0.779. The van der Waals surface area contributed by atoms with Crippen LogP contribution in [0.4, 0.5) is 17.6 Å². The summed E-state index contributed by atoms with van der Waals surface area (Å²) >= 11 is 0. The van der Waals surface area contributed by atoms with Crippen molar-refractivity contribution in [2.24, 2.45) is 0 Å². The van der Waals surface area contributed by atoms with Gasteiger partial charge in [0.05, 0.1) is 6.61 Å². The van der Waals surface area contributed by atoms with Crippen molar-refractivity contribution >= 4 is 10.2 Å². The first-order chi connectivity index (χ1) is 5.31. The maximum absolute atomic E-state index is 12.6. The minimum absolute atomic E-state index is 0.171. The Balaban J connectivity index is 3.88. The zero-order chi connectivity index (χ0) is 9.83. The number of rotatable bonds is 4. The highest BCUT2D eigenvalue weighted by Gasteiger charge is 2.53. The Hall–Kier alpha value is -0.103. The number of ether oxygens (including phenoxy) is 1. The fraction of sp³-hybridized carbons (Fsp3) is 1.00. The lowest BCUT2D eigenvalue weighted by atomic mass is 10.3. The molecule has 0 fully saturated rings. The van der Waals surface area contributed by atoms with Crippen LogP contribution in [0.2, 0.25) is 6.04 Å². The summed E-state index contributed by atoms with van der Waals surface area (Å²) in [5.74, 6) is -3.50. The summed E-state index contributed by atoms with van der Waals surface area (Å²) in [6, 6.07) is 0.813. The molecule has 0 radical (unpaired) electrons. The second-order valence-electron chi connectivity index (χ2n) is 2.62. The lowest BCUT2D eigenvalue weighted by Gasteiger charge is -2.23. The molecular weight excluding hydrogens is 192 g/mol. The molecule has 1 atom stereocenters. The molecule has 0 spiro atoms. The molecule has 0 saturated carbocycles. The Labute approximate surface area is 71.5 Å². The molecule has 0 bridgehead atoms. The van der Waals surface area contributed by atoms with E-state index in [0.717, 1.165) is 16.3 Å². The fourth-order valence-electron chi connectivity index (χ4n) is 0.490. The van der Waals surface area contributed by atoms with Gasteiger partial charge in [0.15, 0.2) is 0 Å². The highest BCUT2D eigenvalue weighted by atomic mass is 28.1. The quantitative estimate of drug-likeness (QED) is 0.382.